The first kappa shape index (κ1) is 13.5. The fourth-order valence-corrected chi connectivity index (χ4v) is 2.49. The van der Waals surface area contributed by atoms with E-state index in [1.807, 2.05) is 37.3 Å². The molecule has 0 radical (unpaired) electrons. The van der Waals surface area contributed by atoms with Gasteiger partial charge in [0.1, 0.15) is 0 Å². The van der Waals surface area contributed by atoms with Crippen molar-refractivity contribution in [3.05, 3.63) is 89.7 Å². The quantitative estimate of drug-likeness (QED) is 0.780. The molecule has 0 aliphatic rings. The van der Waals surface area contributed by atoms with E-state index in [9.17, 15) is 0 Å². The molecule has 0 amide bonds. The van der Waals surface area contributed by atoms with E-state index in [2.05, 4.69) is 41.4 Å². The molecular formula is C19H18N2. The molecular weight excluding hydrogens is 256 g/mol. The molecule has 0 saturated heterocycles. The smallest absolute Gasteiger partial charge is 0.0729 e. The van der Waals surface area contributed by atoms with E-state index >= 15 is 0 Å². The Bertz CT molecular complexity index is 718. The van der Waals surface area contributed by atoms with Crippen LogP contribution in [0.5, 0.6) is 0 Å². The predicted molar refractivity (Wildman–Crippen MR) is 86.9 cm³/mol. The third kappa shape index (κ3) is 2.86. The lowest BCUT2D eigenvalue weighted by Crippen LogP contribution is -2.14. The summed E-state index contributed by atoms with van der Waals surface area (Å²) >= 11 is 0. The third-order valence-electron chi connectivity index (χ3n) is 3.72. The fourth-order valence-electron chi connectivity index (χ4n) is 2.49. The van der Waals surface area contributed by atoms with Crippen LogP contribution in [-0.4, -0.2) is 4.98 Å². The summed E-state index contributed by atoms with van der Waals surface area (Å²) in [6.07, 6.45) is 1.79. The van der Waals surface area contributed by atoms with Gasteiger partial charge < -0.3 is 5.73 Å². The lowest BCUT2D eigenvalue weighted by Gasteiger charge is -2.14. The van der Waals surface area contributed by atoms with E-state index in [0.717, 1.165) is 16.8 Å². The van der Waals surface area contributed by atoms with Crippen molar-refractivity contribution in [2.24, 2.45) is 5.73 Å². The number of aryl methyl sites for hydroxylation is 1. The van der Waals surface area contributed by atoms with Gasteiger partial charge in [0.25, 0.3) is 0 Å². The van der Waals surface area contributed by atoms with Gasteiger partial charge in [-0.3, -0.25) is 4.98 Å². The highest BCUT2D eigenvalue weighted by Gasteiger charge is 2.12. The average Bonchev–Trinajstić information content (AvgIpc) is 2.56. The minimum Gasteiger partial charge on any atom is -0.319 e. The van der Waals surface area contributed by atoms with Crippen LogP contribution in [0.15, 0.2) is 72.9 Å². The van der Waals surface area contributed by atoms with Crippen molar-refractivity contribution in [2.45, 2.75) is 13.0 Å². The molecule has 3 aromatic rings. The second kappa shape index (κ2) is 5.90. The van der Waals surface area contributed by atoms with Crippen molar-refractivity contribution < 1.29 is 0 Å². The SMILES string of the molecule is Cc1cccnc1C(N)c1ccc(-c2ccccc2)cc1. The van der Waals surface area contributed by atoms with E-state index in [0.29, 0.717) is 0 Å². The molecule has 0 fully saturated rings. The van der Waals surface area contributed by atoms with Crippen LogP contribution in [-0.2, 0) is 0 Å². The van der Waals surface area contributed by atoms with Crippen LogP contribution >= 0.6 is 0 Å². The summed E-state index contributed by atoms with van der Waals surface area (Å²) in [4.78, 5) is 4.41. The normalized spacial score (nSPS) is 12.1. The number of benzene rings is 2. The van der Waals surface area contributed by atoms with Crippen LogP contribution in [0, 0.1) is 6.92 Å². The molecule has 1 unspecified atom stereocenters. The van der Waals surface area contributed by atoms with Crippen molar-refractivity contribution in [2.75, 3.05) is 0 Å². The topological polar surface area (TPSA) is 38.9 Å². The van der Waals surface area contributed by atoms with Crippen LogP contribution in [0.1, 0.15) is 22.9 Å². The predicted octanol–water partition coefficient (Wildman–Crippen LogP) is 4.11. The summed E-state index contributed by atoms with van der Waals surface area (Å²) in [6.45, 7) is 2.04. The molecule has 0 bridgehead atoms. The van der Waals surface area contributed by atoms with Crippen molar-refractivity contribution in [3.8, 4) is 11.1 Å². The second-order valence-corrected chi connectivity index (χ2v) is 5.17. The van der Waals surface area contributed by atoms with Gasteiger partial charge in [0, 0.05) is 6.20 Å². The summed E-state index contributed by atoms with van der Waals surface area (Å²) in [5.74, 6) is 0. The van der Waals surface area contributed by atoms with E-state index in [-0.39, 0.29) is 6.04 Å². The molecule has 2 heteroatoms. The van der Waals surface area contributed by atoms with Gasteiger partial charge in [0.15, 0.2) is 0 Å². The highest BCUT2D eigenvalue weighted by Crippen LogP contribution is 2.24. The molecule has 0 saturated carbocycles. The number of nitrogens with zero attached hydrogens (tertiary/aromatic N) is 1. The zero-order valence-corrected chi connectivity index (χ0v) is 12.0. The van der Waals surface area contributed by atoms with Gasteiger partial charge in [-0.25, -0.2) is 0 Å². The van der Waals surface area contributed by atoms with E-state index in [4.69, 9.17) is 5.73 Å². The highest BCUT2D eigenvalue weighted by atomic mass is 14.8. The largest absolute Gasteiger partial charge is 0.319 e. The maximum Gasteiger partial charge on any atom is 0.0729 e. The Labute approximate surface area is 125 Å². The summed E-state index contributed by atoms with van der Waals surface area (Å²) in [6, 6.07) is 22.5. The van der Waals surface area contributed by atoms with Crippen LogP contribution < -0.4 is 5.73 Å². The summed E-state index contributed by atoms with van der Waals surface area (Å²) in [7, 11) is 0. The zero-order valence-electron chi connectivity index (χ0n) is 12.0. The lowest BCUT2D eigenvalue weighted by molar-refractivity contribution is 0.818. The Balaban J connectivity index is 1.89. The van der Waals surface area contributed by atoms with Gasteiger partial charge in [-0.15, -0.1) is 0 Å². The molecule has 104 valence electrons. The van der Waals surface area contributed by atoms with E-state index in [1.165, 1.54) is 11.1 Å². The van der Waals surface area contributed by atoms with Gasteiger partial charge in [-0.05, 0) is 35.2 Å². The van der Waals surface area contributed by atoms with Gasteiger partial charge in [0.05, 0.1) is 11.7 Å². The van der Waals surface area contributed by atoms with Crippen LogP contribution in [0.25, 0.3) is 11.1 Å². The Morgan fingerprint density at radius 3 is 2.14 bits per heavy atom. The van der Waals surface area contributed by atoms with Crippen LogP contribution in [0.3, 0.4) is 0 Å². The van der Waals surface area contributed by atoms with Gasteiger partial charge >= 0.3 is 0 Å². The molecule has 2 nitrogen and oxygen atoms in total. The fraction of sp³-hybridized carbons (Fsp3) is 0.105. The van der Waals surface area contributed by atoms with Gasteiger partial charge in [0.2, 0.25) is 0 Å². The number of hydrogen-bond acceptors (Lipinski definition) is 2. The summed E-state index contributed by atoms with van der Waals surface area (Å²) in [5, 5.41) is 0. The zero-order chi connectivity index (χ0) is 14.7. The standard InChI is InChI=1S/C19H18N2/c1-14-6-5-13-21-19(14)18(20)17-11-9-16(10-12-17)15-7-3-2-4-8-15/h2-13,18H,20H2,1H3. The van der Waals surface area contributed by atoms with Crippen molar-refractivity contribution in [3.63, 3.8) is 0 Å². The van der Waals surface area contributed by atoms with Gasteiger partial charge in [-0.1, -0.05) is 60.7 Å². The van der Waals surface area contributed by atoms with Gasteiger partial charge in [-0.2, -0.15) is 0 Å². The Morgan fingerprint density at radius 2 is 1.48 bits per heavy atom. The highest BCUT2D eigenvalue weighted by molar-refractivity contribution is 5.63. The Morgan fingerprint density at radius 1 is 0.810 bits per heavy atom. The number of nitrogens with two attached hydrogens (primary N) is 1. The second-order valence-electron chi connectivity index (χ2n) is 5.17. The molecule has 0 aliphatic heterocycles. The molecule has 0 aliphatic carbocycles. The number of aromatic nitrogens is 1. The maximum absolute atomic E-state index is 6.34. The molecule has 1 atom stereocenters. The first-order chi connectivity index (χ1) is 10.3. The van der Waals surface area contributed by atoms with Crippen molar-refractivity contribution in [1.29, 1.82) is 0 Å². The summed E-state index contributed by atoms with van der Waals surface area (Å²) < 4.78 is 0. The van der Waals surface area contributed by atoms with Crippen LogP contribution in [0.4, 0.5) is 0 Å². The van der Waals surface area contributed by atoms with Crippen LogP contribution in [0.2, 0.25) is 0 Å². The Kier molecular flexibility index (Phi) is 3.80. The molecule has 1 heterocycles. The first-order valence-corrected chi connectivity index (χ1v) is 7.08. The first-order valence-electron chi connectivity index (χ1n) is 7.08. The molecule has 2 aromatic carbocycles. The minimum absolute atomic E-state index is 0.184. The molecule has 0 spiro atoms. The molecule has 21 heavy (non-hydrogen) atoms. The third-order valence-corrected chi connectivity index (χ3v) is 3.72. The number of pyridine rings is 1. The van der Waals surface area contributed by atoms with Crippen molar-refractivity contribution in [1.82, 2.24) is 4.98 Å². The average molecular weight is 274 g/mol. The molecule has 3 rings (SSSR count). The number of rotatable bonds is 3. The Hall–Kier alpha value is -2.45. The van der Waals surface area contributed by atoms with E-state index in [1.54, 1.807) is 6.20 Å². The monoisotopic (exact) mass is 274 g/mol. The molecule has 1 aromatic heterocycles. The van der Waals surface area contributed by atoms with Crippen molar-refractivity contribution >= 4 is 0 Å². The van der Waals surface area contributed by atoms with E-state index < -0.39 is 0 Å². The number of hydrogen-bond donors (Lipinski definition) is 1. The minimum atomic E-state index is -0.184. The molecule has 2 N–H and O–H groups in total. The summed E-state index contributed by atoms with van der Waals surface area (Å²) in [5.41, 5.74) is 11.9. The maximum atomic E-state index is 6.34. The lowest BCUT2D eigenvalue weighted by atomic mass is 9.98.